The molecule has 0 amide bonds. The average Bonchev–Trinajstić information content (AvgIpc) is 3.45. The first-order valence-corrected chi connectivity index (χ1v) is 13.5. The summed E-state index contributed by atoms with van der Waals surface area (Å²) >= 11 is 0. The predicted octanol–water partition coefficient (Wildman–Crippen LogP) is 5.25. The number of ether oxygens (including phenoxy) is 2. The van der Waals surface area contributed by atoms with Crippen molar-refractivity contribution < 1.29 is 23.3 Å². The van der Waals surface area contributed by atoms with Gasteiger partial charge in [0, 0.05) is 24.4 Å². The van der Waals surface area contributed by atoms with Gasteiger partial charge < -0.3 is 23.8 Å². The highest BCUT2D eigenvalue weighted by atomic mass is 16.5. The Morgan fingerprint density at radius 1 is 1.00 bits per heavy atom. The molecule has 200 valence electrons. The molecular formula is C31H33N4O4+. The Bertz CT molecular complexity index is 1400. The van der Waals surface area contributed by atoms with Gasteiger partial charge in [0.1, 0.15) is 18.8 Å². The van der Waals surface area contributed by atoms with Crippen molar-refractivity contribution >= 4 is 11.7 Å². The van der Waals surface area contributed by atoms with Gasteiger partial charge >= 0.3 is 5.97 Å². The zero-order chi connectivity index (χ0) is 26.7. The normalized spacial score (nSPS) is 22.7. The molecule has 3 aromatic carbocycles. The molecule has 2 unspecified atom stereocenters. The number of benzene rings is 3. The van der Waals surface area contributed by atoms with Crippen LogP contribution in [-0.4, -0.2) is 53.4 Å². The SMILES string of the molecule is COc1ccccc1-c1nc(C[N+]23CCC(CC2)C(OC(=O)C(Nc2ccccc2)c2ccccc2)C3)no1. The third-order valence-corrected chi connectivity index (χ3v) is 8.04. The van der Waals surface area contributed by atoms with E-state index in [2.05, 4.69) is 10.5 Å². The fourth-order valence-corrected chi connectivity index (χ4v) is 5.97. The van der Waals surface area contributed by atoms with Gasteiger partial charge in [-0.15, -0.1) is 0 Å². The monoisotopic (exact) mass is 525 g/mol. The van der Waals surface area contributed by atoms with E-state index >= 15 is 0 Å². The van der Waals surface area contributed by atoms with Crippen molar-refractivity contribution in [2.24, 2.45) is 5.92 Å². The molecule has 39 heavy (non-hydrogen) atoms. The Kier molecular flexibility index (Phi) is 7.02. The molecule has 4 aromatic rings. The maximum absolute atomic E-state index is 13.6. The van der Waals surface area contributed by atoms with Crippen LogP contribution in [0.1, 0.15) is 30.3 Å². The van der Waals surface area contributed by atoms with E-state index in [0.717, 1.165) is 53.8 Å². The number of carbonyl (C=O) groups is 1. The summed E-state index contributed by atoms with van der Waals surface area (Å²) in [6.45, 7) is 3.43. The van der Waals surface area contributed by atoms with Crippen molar-refractivity contribution in [3.8, 4) is 17.2 Å². The van der Waals surface area contributed by atoms with Crippen molar-refractivity contribution in [1.82, 2.24) is 10.1 Å². The highest BCUT2D eigenvalue weighted by Gasteiger charge is 2.48. The number of quaternary nitrogens is 1. The molecule has 1 aromatic heterocycles. The molecule has 0 spiro atoms. The lowest BCUT2D eigenvalue weighted by molar-refractivity contribution is -0.958. The number of para-hydroxylation sites is 2. The summed E-state index contributed by atoms with van der Waals surface area (Å²) in [4.78, 5) is 18.3. The number of nitrogens with one attached hydrogen (secondary N) is 1. The van der Waals surface area contributed by atoms with Gasteiger partial charge in [-0.25, -0.2) is 4.79 Å². The number of nitrogens with zero attached hydrogens (tertiary/aromatic N) is 3. The Morgan fingerprint density at radius 3 is 2.44 bits per heavy atom. The number of aromatic nitrogens is 2. The van der Waals surface area contributed by atoms with Gasteiger partial charge in [0.25, 0.3) is 5.89 Å². The second-order valence-corrected chi connectivity index (χ2v) is 10.5. The lowest BCUT2D eigenvalue weighted by Crippen LogP contribution is -2.64. The maximum atomic E-state index is 13.6. The van der Waals surface area contributed by atoms with Gasteiger partial charge in [-0.05, 0) is 29.8 Å². The van der Waals surface area contributed by atoms with Crippen LogP contribution in [0.2, 0.25) is 0 Å². The number of hydrogen-bond donors (Lipinski definition) is 1. The molecule has 2 bridgehead atoms. The summed E-state index contributed by atoms with van der Waals surface area (Å²) in [6.07, 6.45) is 1.87. The number of piperidine rings is 3. The number of hydrogen-bond acceptors (Lipinski definition) is 7. The topological polar surface area (TPSA) is 86.5 Å². The summed E-state index contributed by atoms with van der Waals surface area (Å²) < 4.78 is 18.2. The Labute approximate surface area is 228 Å². The number of esters is 1. The zero-order valence-electron chi connectivity index (χ0n) is 22.0. The predicted molar refractivity (Wildman–Crippen MR) is 147 cm³/mol. The summed E-state index contributed by atoms with van der Waals surface area (Å²) in [6, 6.07) is 26.6. The Hall–Kier alpha value is -4.17. The first-order chi connectivity index (χ1) is 19.1. The van der Waals surface area contributed by atoms with Crippen LogP contribution in [0.4, 0.5) is 5.69 Å². The zero-order valence-corrected chi connectivity index (χ0v) is 22.0. The van der Waals surface area contributed by atoms with E-state index in [1.807, 2.05) is 84.9 Å². The van der Waals surface area contributed by atoms with E-state index in [1.165, 1.54) is 0 Å². The van der Waals surface area contributed by atoms with E-state index in [1.54, 1.807) is 7.11 Å². The van der Waals surface area contributed by atoms with Crippen molar-refractivity contribution in [2.45, 2.75) is 31.5 Å². The summed E-state index contributed by atoms with van der Waals surface area (Å²) in [7, 11) is 1.63. The minimum atomic E-state index is -0.585. The maximum Gasteiger partial charge on any atom is 0.333 e. The summed E-state index contributed by atoms with van der Waals surface area (Å²) in [5, 5.41) is 7.68. The van der Waals surface area contributed by atoms with Gasteiger partial charge in [0.05, 0.1) is 25.8 Å². The van der Waals surface area contributed by atoms with Gasteiger partial charge in [-0.3, -0.25) is 0 Å². The second kappa shape index (κ2) is 10.9. The molecule has 3 aliphatic heterocycles. The van der Waals surface area contributed by atoms with Crippen molar-refractivity contribution in [1.29, 1.82) is 0 Å². The molecule has 8 nitrogen and oxygen atoms in total. The van der Waals surface area contributed by atoms with Crippen LogP contribution in [0.25, 0.3) is 11.5 Å². The van der Waals surface area contributed by atoms with Gasteiger partial charge in [0.2, 0.25) is 5.82 Å². The van der Waals surface area contributed by atoms with Crippen LogP contribution in [-0.2, 0) is 16.1 Å². The minimum absolute atomic E-state index is 0.149. The van der Waals surface area contributed by atoms with Crippen LogP contribution in [0.5, 0.6) is 5.75 Å². The molecular weight excluding hydrogens is 492 g/mol. The molecule has 4 heterocycles. The standard InChI is InChI=1S/C31H33N4O4/c1-37-26-15-9-8-14-25(26)30-33-28(34-39-30)21-35-18-16-22(17-19-35)27(20-35)38-31(36)29(23-10-4-2-5-11-23)32-24-12-6-3-7-13-24/h2-15,22,27,29,32H,16-21H2,1H3/q+1. The molecule has 1 N–H and O–H groups in total. The number of fused-ring (bicyclic) bond motifs is 3. The fraction of sp³-hybridized carbons (Fsp3) is 0.323. The van der Waals surface area contributed by atoms with Crippen molar-refractivity contribution in [3.05, 3.63) is 96.3 Å². The van der Waals surface area contributed by atoms with Crippen LogP contribution in [0, 0.1) is 5.92 Å². The van der Waals surface area contributed by atoms with Crippen molar-refractivity contribution in [2.75, 3.05) is 32.1 Å². The van der Waals surface area contributed by atoms with Crippen LogP contribution < -0.4 is 10.1 Å². The van der Waals surface area contributed by atoms with Gasteiger partial charge in [-0.1, -0.05) is 65.8 Å². The molecule has 3 fully saturated rings. The lowest BCUT2D eigenvalue weighted by Gasteiger charge is -2.51. The molecule has 0 aliphatic carbocycles. The largest absolute Gasteiger partial charge is 0.496 e. The molecule has 3 aliphatic rings. The summed E-state index contributed by atoms with van der Waals surface area (Å²) in [5.41, 5.74) is 2.54. The Balaban J connectivity index is 1.17. The molecule has 0 radical (unpaired) electrons. The molecule has 0 saturated carbocycles. The van der Waals surface area contributed by atoms with Crippen LogP contribution in [0.15, 0.2) is 89.5 Å². The first kappa shape index (κ1) is 25.1. The van der Waals surface area contributed by atoms with Crippen molar-refractivity contribution in [3.63, 3.8) is 0 Å². The van der Waals surface area contributed by atoms with E-state index in [9.17, 15) is 4.79 Å². The third-order valence-electron chi connectivity index (χ3n) is 8.04. The number of methoxy groups -OCH3 is 1. The third kappa shape index (κ3) is 5.38. The van der Waals surface area contributed by atoms with Crippen LogP contribution in [0.3, 0.4) is 0 Å². The first-order valence-electron chi connectivity index (χ1n) is 13.5. The van der Waals surface area contributed by atoms with Gasteiger partial charge in [0.15, 0.2) is 12.1 Å². The highest BCUT2D eigenvalue weighted by Crippen LogP contribution is 2.38. The molecule has 3 saturated heterocycles. The van der Waals surface area contributed by atoms with Gasteiger partial charge in [-0.2, -0.15) is 4.98 Å². The molecule has 7 rings (SSSR count). The second-order valence-electron chi connectivity index (χ2n) is 10.5. The number of anilines is 1. The Morgan fingerprint density at radius 2 is 1.69 bits per heavy atom. The number of rotatable bonds is 9. The van der Waals surface area contributed by atoms with E-state index in [4.69, 9.17) is 19.0 Å². The van der Waals surface area contributed by atoms with E-state index in [-0.39, 0.29) is 12.1 Å². The lowest BCUT2D eigenvalue weighted by atomic mass is 9.83. The smallest absolute Gasteiger partial charge is 0.333 e. The van der Waals surface area contributed by atoms with Crippen LogP contribution >= 0.6 is 0 Å². The highest BCUT2D eigenvalue weighted by molar-refractivity contribution is 5.81. The van der Waals surface area contributed by atoms with E-state index < -0.39 is 6.04 Å². The van der Waals surface area contributed by atoms with E-state index in [0.29, 0.717) is 29.9 Å². The molecule has 8 heteroatoms. The number of carbonyl (C=O) groups excluding carboxylic acids is 1. The average molecular weight is 526 g/mol. The molecule has 2 atom stereocenters. The minimum Gasteiger partial charge on any atom is -0.496 e. The quantitative estimate of drug-likeness (QED) is 0.236. The summed E-state index contributed by atoms with van der Waals surface area (Å²) in [5.74, 6) is 1.93. The fourth-order valence-electron chi connectivity index (χ4n) is 5.97.